The summed E-state index contributed by atoms with van der Waals surface area (Å²) < 4.78 is 18.6. The minimum Gasteiger partial charge on any atom is -0.465 e. The zero-order valence-electron chi connectivity index (χ0n) is 20.5. The van der Waals surface area contributed by atoms with E-state index >= 15 is 0 Å². The molecule has 2 fully saturated rings. The van der Waals surface area contributed by atoms with Crippen molar-refractivity contribution >= 4 is 29.4 Å². The third-order valence-electron chi connectivity index (χ3n) is 8.46. The Bertz CT molecular complexity index is 1170. The Balaban J connectivity index is 1.59. The molecule has 5 rings (SSSR count). The average molecular weight is 482 g/mol. The molecule has 6 atom stereocenters. The molecule has 0 N–H and O–H groups in total. The zero-order chi connectivity index (χ0) is 25.0. The molecule has 186 valence electrons. The van der Waals surface area contributed by atoms with Crippen LogP contribution in [0.4, 0.5) is 5.82 Å². The van der Waals surface area contributed by atoms with E-state index in [2.05, 4.69) is 29.5 Å². The summed E-state index contributed by atoms with van der Waals surface area (Å²) in [5.74, 6) is -0.218. The summed E-state index contributed by atoms with van der Waals surface area (Å²) in [5.41, 5.74) is 0.723. The molecule has 9 heteroatoms. The van der Waals surface area contributed by atoms with Crippen molar-refractivity contribution in [1.29, 1.82) is 0 Å². The van der Waals surface area contributed by atoms with Crippen LogP contribution in [0.5, 0.6) is 0 Å². The van der Waals surface area contributed by atoms with E-state index in [9.17, 15) is 14.4 Å². The Morgan fingerprint density at radius 1 is 1.29 bits per heavy atom. The van der Waals surface area contributed by atoms with Gasteiger partial charge in [0.1, 0.15) is 19.3 Å². The number of carbonyl (C=O) groups excluding carboxylic acids is 3. The molecule has 3 heterocycles. The summed E-state index contributed by atoms with van der Waals surface area (Å²) in [6, 6.07) is -0.0220. The fourth-order valence-electron chi connectivity index (χ4n) is 6.76. The average Bonchev–Trinajstić information content (AvgIpc) is 3.49. The lowest BCUT2D eigenvalue weighted by Gasteiger charge is -2.60. The van der Waals surface area contributed by atoms with Gasteiger partial charge in [-0.3, -0.25) is 9.59 Å². The SMILES string of the molecule is CC(=O)OCC1(C)C(OC(C)=O)CCC2(C)C(/C=C/C3=CCOC3=O)C3C(=Nc4cncn43)CC12. The van der Waals surface area contributed by atoms with Crippen LogP contribution in [0.25, 0.3) is 0 Å². The van der Waals surface area contributed by atoms with Crippen molar-refractivity contribution in [1.82, 2.24) is 9.55 Å². The lowest BCUT2D eigenvalue weighted by atomic mass is 9.46. The van der Waals surface area contributed by atoms with Crippen molar-refractivity contribution in [3.05, 3.63) is 36.3 Å². The number of cyclic esters (lactones) is 1. The second-order valence-corrected chi connectivity index (χ2v) is 10.5. The number of hydrogen-bond acceptors (Lipinski definition) is 8. The third kappa shape index (κ3) is 3.81. The minimum absolute atomic E-state index is 0.0131. The molecule has 6 unspecified atom stereocenters. The van der Waals surface area contributed by atoms with Crippen LogP contribution in [0.2, 0.25) is 0 Å². The maximum Gasteiger partial charge on any atom is 0.338 e. The maximum atomic E-state index is 12.1. The van der Waals surface area contributed by atoms with Crippen LogP contribution in [0.1, 0.15) is 53.0 Å². The number of carbonyl (C=O) groups is 3. The molecule has 9 nitrogen and oxygen atoms in total. The van der Waals surface area contributed by atoms with Gasteiger partial charge in [0.05, 0.1) is 24.1 Å². The second-order valence-electron chi connectivity index (χ2n) is 10.5. The number of fused-ring (bicyclic) bond motifs is 4. The smallest absolute Gasteiger partial charge is 0.338 e. The number of allylic oxidation sites excluding steroid dienone is 1. The number of rotatable bonds is 5. The molecule has 2 aliphatic carbocycles. The largest absolute Gasteiger partial charge is 0.465 e. The van der Waals surface area contributed by atoms with Crippen molar-refractivity contribution in [2.45, 2.75) is 59.1 Å². The number of nitrogens with zero attached hydrogens (tertiary/aromatic N) is 3. The summed E-state index contributed by atoms with van der Waals surface area (Å²) in [4.78, 5) is 45.1. The highest BCUT2D eigenvalue weighted by Crippen LogP contribution is 2.63. The summed E-state index contributed by atoms with van der Waals surface area (Å²) in [5, 5.41) is 0. The highest BCUT2D eigenvalue weighted by atomic mass is 16.6. The predicted octanol–water partition coefficient (Wildman–Crippen LogP) is 3.49. The summed E-state index contributed by atoms with van der Waals surface area (Å²) in [6.07, 6.45) is 11.1. The first-order valence-electron chi connectivity index (χ1n) is 12.1. The van der Waals surface area contributed by atoms with Crippen LogP contribution in [0.3, 0.4) is 0 Å². The third-order valence-corrected chi connectivity index (χ3v) is 8.46. The highest BCUT2D eigenvalue weighted by molar-refractivity contribution is 5.95. The molecule has 0 saturated heterocycles. The molecular weight excluding hydrogens is 450 g/mol. The van der Waals surface area contributed by atoms with Gasteiger partial charge >= 0.3 is 17.9 Å². The Kier molecular flexibility index (Phi) is 5.68. The monoisotopic (exact) mass is 481 g/mol. The highest BCUT2D eigenvalue weighted by Gasteiger charge is 2.62. The molecule has 0 aromatic carbocycles. The van der Waals surface area contributed by atoms with Gasteiger partial charge in [0, 0.05) is 30.9 Å². The van der Waals surface area contributed by atoms with E-state index in [0.29, 0.717) is 18.4 Å². The van der Waals surface area contributed by atoms with E-state index in [1.807, 2.05) is 12.4 Å². The lowest BCUT2D eigenvalue weighted by Crippen LogP contribution is -2.61. The lowest BCUT2D eigenvalue weighted by molar-refractivity contribution is -0.189. The van der Waals surface area contributed by atoms with Crippen LogP contribution in [0, 0.1) is 22.7 Å². The first-order chi connectivity index (χ1) is 16.6. The van der Waals surface area contributed by atoms with E-state index in [0.717, 1.165) is 18.0 Å². The van der Waals surface area contributed by atoms with E-state index in [1.165, 1.54) is 13.8 Å². The fourth-order valence-corrected chi connectivity index (χ4v) is 6.76. The quantitative estimate of drug-likeness (QED) is 0.468. The topological polar surface area (TPSA) is 109 Å². The summed E-state index contributed by atoms with van der Waals surface area (Å²) in [7, 11) is 0. The molecule has 1 aromatic heterocycles. The van der Waals surface area contributed by atoms with Gasteiger partial charge in [0.2, 0.25) is 0 Å². The second kappa shape index (κ2) is 8.46. The van der Waals surface area contributed by atoms with Gasteiger partial charge in [0.25, 0.3) is 0 Å². The van der Waals surface area contributed by atoms with E-state index in [4.69, 9.17) is 19.2 Å². The van der Waals surface area contributed by atoms with Crippen molar-refractivity contribution in [2.24, 2.45) is 27.7 Å². The van der Waals surface area contributed by atoms with Crippen molar-refractivity contribution < 1.29 is 28.6 Å². The van der Waals surface area contributed by atoms with Gasteiger partial charge in [-0.2, -0.15) is 0 Å². The first kappa shape index (κ1) is 23.5. The molecule has 1 aromatic rings. The molecule has 0 radical (unpaired) electrons. The van der Waals surface area contributed by atoms with Crippen LogP contribution < -0.4 is 0 Å². The number of hydrogen-bond donors (Lipinski definition) is 0. The van der Waals surface area contributed by atoms with Crippen LogP contribution in [0.15, 0.2) is 41.3 Å². The predicted molar refractivity (Wildman–Crippen MR) is 126 cm³/mol. The number of esters is 3. The minimum atomic E-state index is -0.606. The Labute approximate surface area is 204 Å². The van der Waals surface area contributed by atoms with E-state index in [1.54, 1.807) is 12.3 Å². The van der Waals surface area contributed by atoms with Gasteiger partial charge in [-0.05, 0) is 36.7 Å². The van der Waals surface area contributed by atoms with Gasteiger partial charge in [-0.25, -0.2) is 14.8 Å². The molecule has 0 bridgehead atoms. The number of imidazole rings is 1. The molecule has 2 aliphatic heterocycles. The van der Waals surface area contributed by atoms with Crippen molar-refractivity contribution in [3.8, 4) is 0 Å². The molecule has 2 saturated carbocycles. The molecule has 0 amide bonds. The Morgan fingerprint density at radius 2 is 2.09 bits per heavy atom. The normalized spacial score (nSPS) is 35.5. The van der Waals surface area contributed by atoms with Crippen LogP contribution in [-0.4, -0.2) is 52.5 Å². The summed E-state index contributed by atoms with van der Waals surface area (Å²) >= 11 is 0. The molecular formula is C26H31N3O6. The molecule has 35 heavy (non-hydrogen) atoms. The van der Waals surface area contributed by atoms with Gasteiger partial charge < -0.3 is 18.8 Å². The zero-order valence-corrected chi connectivity index (χ0v) is 20.5. The van der Waals surface area contributed by atoms with Crippen LogP contribution in [-0.2, 0) is 28.6 Å². The maximum absolute atomic E-state index is 12.1. The molecule has 4 aliphatic rings. The number of ether oxygens (including phenoxy) is 3. The van der Waals surface area contributed by atoms with E-state index < -0.39 is 5.41 Å². The standard InChI is InChI=1S/C26H31N3O6/c1-15(30)34-13-26(4)20-11-19-23(29-14-27-12-22(29)28-19)18(6-5-17-8-10-33-24(17)32)25(20,3)9-7-21(26)35-16(2)31/h5-6,8,12,14,18,20-21,23H,7,9-11,13H2,1-4H3/b6-5+. The van der Waals surface area contributed by atoms with Gasteiger partial charge in [-0.15, -0.1) is 0 Å². The number of aliphatic imine (C=N–C) groups is 1. The Morgan fingerprint density at radius 3 is 2.77 bits per heavy atom. The fraction of sp³-hybridized carbons (Fsp3) is 0.577. The van der Waals surface area contributed by atoms with Gasteiger partial charge in [-0.1, -0.05) is 26.0 Å². The molecule has 0 spiro atoms. The van der Waals surface area contributed by atoms with Gasteiger partial charge in [0.15, 0.2) is 5.82 Å². The first-order valence-corrected chi connectivity index (χ1v) is 12.1. The van der Waals surface area contributed by atoms with Crippen LogP contribution >= 0.6 is 0 Å². The van der Waals surface area contributed by atoms with E-state index in [-0.39, 0.29) is 60.5 Å². The van der Waals surface area contributed by atoms with Crippen molar-refractivity contribution in [3.63, 3.8) is 0 Å². The van der Waals surface area contributed by atoms with Crippen molar-refractivity contribution in [2.75, 3.05) is 13.2 Å². The summed E-state index contributed by atoms with van der Waals surface area (Å²) in [6.45, 7) is 7.56. The Hall–Kier alpha value is -3.23. The number of aromatic nitrogens is 2.